The van der Waals surface area contributed by atoms with E-state index in [2.05, 4.69) is 11.6 Å². The van der Waals surface area contributed by atoms with E-state index in [9.17, 15) is 9.59 Å². The molecule has 8 heteroatoms. The molecule has 0 aliphatic heterocycles. The maximum atomic E-state index is 13.3. The number of allylic oxidation sites excluding steroid dienone is 1. The van der Waals surface area contributed by atoms with E-state index in [0.717, 1.165) is 16.0 Å². The summed E-state index contributed by atoms with van der Waals surface area (Å²) in [5.41, 5.74) is 3.12. The molecule has 5 aromatic rings. The van der Waals surface area contributed by atoms with Crippen LogP contribution < -0.4 is 11.1 Å². The number of aryl methyl sites for hydroxylation is 1. The molecule has 164 valence electrons. The van der Waals surface area contributed by atoms with Crippen LogP contribution in [-0.4, -0.2) is 18.9 Å². The Hall–Kier alpha value is -3.49. The summed E-state index contributed by atoms with van der Waals surface area (Å²) in [5.74, 6) is 0.422. The summed E-state index contributed by atoms with van der Waals surface area (Å²) >= 11 is 2.90. The van der Waals surface area contributed by atoms with Crippen LogP contribution in [0, 0.1) is 6.92 Å². The quantitative estimate of drug-likeness (QED) is 0.199. The van der Waals surface area contributed by atoms with Crippen LogP contribution in [0.4, 0.5) is 0 Å². The average Bonchev–Trinajstić information content (AvgIpc) is 3.25. The van der Waals surface area contributed by atoms with E-state index in [-0.39, 0.29) is 11.1 Å². The van der Waals surface area contributed by atoms with Gasteiger partial charge in [-0.25, -0.2) is 9.97 Å². The van der Waals surface area contributed by atoms with Crippen LogP contribution >= 0.6 is 23.1 Å². The van der Waals surface area contributed by atoms with E-state index in [0.29, 0.717) is 39.0 Å². The smallest absolute Gasteiger partial charge is 0.263 e. The number of thioether (sulfide) groups is 1. The van der Waals surface area contributed by atoms with Crippen molar-refractivity contribution >= 4 is 39.0 Å². The first-order valence-electron chi connectivity index (χ1n) is 10.4. The zero-order valence-corrected chi connectivity index (χ0v) is 19.5. The number of nitrogens with zero attached hydrogens (tertiary/aromatic N) is 4. The fourth-order valence-electron chi connectivity index (χ4n) is 3.61. The lowest BCUT2D eigenvalue weighted by molar-refractivity contribution is 0.672. The van der Waals surface area contributed by atoms with Crippen LogP contribution in [-0.2, 0) is 12.3 Å². The van der Waals surface area contributed by atoms with Gasteiger partial charge in [0.15, 0.2) is 5.16 Å². The van der Waals surface area contributed by atoms with Gasteiger partial charge in [0.05, 0.1) is 11.1 Å². The number of hydrogen-bond donors (Lipinski definition) is 0. The van der Waals surface area contributed by atoms with Crippen LogP contribution in [0.3, 0.4) is 0 Å². The van der Waals surface area contributed by atoms with Gasteiger partial charge in [-0.3, -0.25) is 18.6 Å². The van der Waals surface area contributed by atoms with Gasteiger partial charge in [0.25, 0.3) is 11.1 Å². The highest BCUT2D eigenvalue weighted by molar-refractivity contribution is 7.98. The maximum absolute atomic E-state index is 13.3. The minimum Gasteiger partial charge on any atom is -0.283 e. The second-order valence-corrected chi connectivity index (χ2v) is 9.57. The molecule has 0 spiro atoms. The molecule has 1 aromatic carbocycles. The zero-order valence-electron chi connectivity index (χ0n) is 17.9. The normalized spacial score (nSPS) is 11.3. The molecule has 0 radical (unpaired) electrons. The van der Waals surface area contributed by atoms with Gasteiger partial charge in [-0.15, -0.1) is 17.9 Å². The van der Waals surface area contributed by atoms with Gasteiger partial charge in [0.1, 0.15) is 10.5 Å². The zero-order chi connectivity index (χ0) is 22.9. The van der Waals surface area contributed by atoms with Gasteiger partial charge in [0.2, 0.25) is 0 Å². The van der Waals surface area contributed by atoms with Crippen LogP contribution in [0.15, 0.2) is 88.2 Å². The first-order chi connectivity index (χ1) is 16.0. The van der Waals surface area contributed by atoms with Crippen LogP contribution in [0.25, 0.3) is 26.3 Å². The number of fused-ring (bicyclic) bond motifs is 2. The fraction of sp³-hybridized carbons (Fsp3) is 0.120. The van der Waals surface area contributed by atoms with Crippen molar-refractivity contribution in [2.45, 2.75) is 24.4 Å². The number of pyridine rings is 1. The van der Waals surface area contributed by atoms with Crippen molar-refractivity contribution in [2.75, 3.05) is 0 Å². The second-order valence-electron chi connectivity index (χ2n) is 7.60. The predicted molar refractivity (Wildman–Crippen MR) is 135 cm³/mol. The number of hydrogen-bond acceptors (Lipinski definition) is 6. The molecule has 0 atom stereocenters. The third-order valence-electron chi connectivity index (χ3n) is 5.21. The number of rotatable bonds is 6. The molecule has 0 unspecified atom stereocenters. The Morgan fingerprint density at radius 3 is 2.70 bits per heavy atom. The summed E-state index contributed by atoms with van der Waals surface area (Å²) in [6.07, 6.45) is 3.42. The third-order valence-corrected chi connectivity index (χ3v) is 7.30. The first kappa shape index (κ1) is 21.4. The van der Waals surface area contributed by atoms with Crippen LogP contribution in [0.2, 0.25) is 0 Å². The average molecular weight is 473 g/mol. The maximum Gasteiger partial charge on any atom is 0.263 e. The van der Waals surface area contributed by atoms with E-state index in [4.69, 9.17) is 4.98 Å². The van der Waals surface area contributed by atoms with E-state index < -0.39 is 0 Å². The van der Waals surface area contributed by atoms with Crippen molar-refractivity contribution in [3.8, 4) is 10.4 Å². The molecule has 0 aliphatic rings. The van der Waals surface area contributed by atoms with Gasteiger partial charge < -0.3 is 0 Å². The molecule has 6 nitrogen and oxygen atoms in total. The van der Waals surface area contributed by atoms with Gasteiger partial charge in [0, 0.05) is 29.4 Å². The van der Waals surface area contributed by atoms with E-state index in [1.807, 2.05) is 55.5 Å². The second kappa shape index (κ2) is 8.80. The summed E-state index contributed by atoms with van der Waals surface area (Å²) in [6, 6.07) is 17.2. The molecule has 0 amide bonds. The summed E-state index contributed by atoms with van der Waals surface area (Å²) < 4.78 is 3.15. The molecule has 0 aliphatic carbocycles. The van der Waals surface area contributed by atoms with E-state index >= 15 is 0 Å². The predicted octanol–water partition coefficient (Wildman–Crippen LogP) is 4.92. The van der Waals surface area contributed by atoms with Gasteiger partial charge in [-0.05, 0) is 36.2 Å². The molecule has 0 saturated heterocycles. The summed E-state index contributed by atoms with van der Waals surface area (Å²) in [5, 5.41) is 1.18. The van der Waals surface area contributed by atoms with Gasteiger partial charge in [-0.2, -0.15) is 0 Å². The molecule has 0 saturated carbocycles. The van der Waals surface area contributed by atoms with Gasteiger partial charge >= 0.3 is 0 Å². The molecule has 33 heavy (non-hydrogen) atoms. The Morgan fingerprint density at radius 2 is 1.91 bits per heavy atom. The van der Waals surface area contributed by atoms with Gasteiger partial charge in [-0.1, -0.05) is 48.2 Å². The molecular weight excluding hydrogens is 452 g/mol. The molecule has 4 aromatic heterocycles. The van der Waals surface area contributed by atoms with Crippen molar-refractivity contribution in [1.82, 2.24) is 18.9 Å². The highest BCUT2D eigenvalue weighted by Crippen LogP contribution is 2.32. The monoisotopic (exact) mass is 472 g/mol. The molecule has 4 heterocycles. The minimum absolute atomic E-state index is 0.0944. The Morgan fingerprint density at radius 1 is 1.09 bits per heavy atom. The third kappa shape index (κ3) is 4.15. The highest BCUT2D eigenvalue weighted by Gasteiger charge is 2.15. The number of benzene rings is 1. The molecular formula is C25H20N4O2S2. The Kier molecular flexibility index (Phi) is 5.70. The topological polar surface area (TPSA) is 69.3 Å². The SMILES string of the molecule is C=CCn1c(SCc2cc(=O)n3ccc(C)cc3n2)nc2sc(-c3ccccc3)cc2c1=O. The summed E-state index contributed by atoms with van der Waals surface area (Å²) in [7, 11) is 0. The summed E-state index contributed by atoms with van der Waals surface area (Å²) in [6.45, 7) is 6.11. The molecule has 0 fully saturated rings. The van der Waals surface area contributed by atoms with Crippen molar-refractivity contribution in [3.05, 3.63) is 105 Å². The molecule has 0 bridgehead atoms. The Bertz CT molecular complexity index is 1620. The summed E-state index contributed by atoms with van der Waals surface area (Å²) in [4.78, 5) is 36.9. The standard InChI is InChI=1S/C25H20N4O2S2/c1-3-10-29-24(31)19-14-20(17-7-5-4-6-8-17)33-23(19)27-25(29)32-15-18-13-22(30)28-11-9-16(2)12-21(28)26-18/h3-9,11-14H,1,10,15H2,2H3. The number of aromatic nitrogens is 4. The van der Waals surface area contributed by atoms with Crippen molar-refractivity contribution in [3.63, 3.8) is 0 Å². The fourth-order valence-corrected chi connectivity index (χ4v) is 5.59. The minimum atomic E-state index is -0.131. The first-order valence-corrected chi connectivity index (χ1v) is 12.2. The molecule has 5 rings (SSSR count). The lowest BCUT2D eigenvalue weighted by Gasteiger charge is -2.10. The van der Waals surface area contributed by atoms with Crippen molar-refractivity contribution in [2.24, 2.45) is 0 Å². The Labute approximate surface area is 197 Å². The lowest BCUT2D eigenvalue weighted by Crippen LogP contribution is -2.22. The van der Waals surface area contributed by atoms with Crippen molar-refractivity contribution < 1.29 is 0 Å². The van der Waals surface area contributed by atoms with Crippen LogP contribution in [0.5, 0.6) is 0 Å². The van der Waals surface area contributed by atoms with E-state index in [1.54, 1.807) is 16.8 Å². The molecule has 0 N–H and O–H groups in total. The lowest BCUT2D eigenvalue weighted by atomic mass is 10.2. The highest BCUT2D eigenvalue weighted by atomic mass is 32.2. The Balaban J connectivity index is 1.54. The largest absolute Gasteiger partial charge is 0.283 e. The van der Waals surface area contributed by atoms with Crippen LogP contribution in [0.1, 0.15) is 11.3 Å². The number of thiophene rings is 1. The van der Waals surface area contributed by atoms with Crippen molar-refractivity contribution in [1.29, 1.82) is 0 Å². The van der Waals surface area contributed by atoms with E-state index in [1.165, 1.54) is 33.6 Å².